The van der Waals surface area contributed by atoms with Gasteiger partial charge in [0.15, 0.2) is 5.16 Å². The van der Waals surface area contributed by atoms with E-state index in [2.05, 4.69) is 25.2 Å². The Morgan fingerprint density at radius 1 is 1.10 bits per heavy atom. The van der Waals surface area contributed by atoms with Crippen LogP contribution in [0.1, 0.15) is 32.2 Å². The van der Waals surface area contributed by atoms with Gasteiger partial charge in [0.1, 0.15) is 0 Å². The molecule has 9 nitrogen and oxygen atoms in total. The second-order valence-corrected chi connectivity index (χ2v) is 10.2. The van der Waals surface area contributed by atoms with E-state index in [9.17, 15) is 13.2 Å². The molecule has 0 aliphatic heterocycles. The van der Waals surface area contributed by atoms with E-state index in [1.165, 1.54) is 23.9 Å². The summed E-state index contributed by atoms with van der Waals surface area (Å²) in [6.07, 6.45) is 0. The maximum Gasteiger partial charge on any atom is 0.256 e. The number of carbonyl (C=O) groups excluding carboxylic acids is 1. The molecule has 1 atom stereocenters. The highest BCUT2D eigenvalue weighted by Crippen LogP contribution is 2.24. The van der Waals surface area contributed by atoms with E-state index in [4.69, 9.17) is 0 Å². The monoisotopic (exact) mass is 448 g/mol. The summed E-state index contributed by atoms with van der Waals surface area (Å²) in [4.78, 5) is 17.1. The Hall–Kier alpha value is -2.50. The van der Waals surface area contributed by atoms with Gasteiger partial charge in [-0.2, -0.15) is 0 Å². The molecule has 1 aromatic carbocycles. The summed E-state index contributed by atoms with van der Waals surface area (Å²) >= 11 is 1.27. The Labute approximate surface area is 179 Å². The average Bonchev–Trinajstić information content (AvgIpc) is 3.03. The Morgan fingerprint density at radius 3 is 2.40 bits per heavy atom. The molecule has 2 heterocycles. The van der Waals surface area contributed by atoms with Crippen LogP contribution < -0.4 is 10.0 Å². The molecule has 0 bridgehead atoms. The van der Waals surface area contributed by atoms with Crippen molar-refractivity contribution in [1.82, 2.24) is 24.3 Å². The van der Waals surface area contributed by atoms with Gasteiger partial charge in [0.2, 0.25) is 15.9 Å². The van der Waals surface area contributed by atoms with Gasteiger partial charge in [-0.15, -0.1) is 10.2 Å². The summed E-state index contributed by atoms with van der Waals surface area (Å²) in [6, 6.07) is 7.77. The second kappa shape index (κ2) is 8.70. The summed E-state index contributed by atoms with van der Waals surface area (Å²) in [7, 11) is -3.57. The highest BCUT2D eigenvalue weighted by atomic mass is 32.2. The van der Waals surface area contributed by atoms with Crippen LogP contribution >= 0.6 is 11.8 Å². The number of fused-ring (bicyclic) bond motifs is 1. The van der Waals surface area contributed by atoms with Crippen molar-refractivity contribution in [1.29, 1.82) is 0 Å². The molecule has 0 unspecified atom stereocenters. The first-order valence-corrected chi connectivity index (χ1v) is 11.7. The Bertz CT molecular complexity index is 1170. The van der Waals surface area contributed by atoms with Crippen molar-refractivity contribution in [2.75, 3.05) is 5.32 Å². The zero-order chi connectivity index (χ0) is 22.1. The number of anilines is 1. The van der Waals surface area contributed by atoms with E-state index in [0.717, 1.165) is 11.4 Å². The van der Waals surface area contributed by atoms with Crippen LogP contribution in [-0.2, 0) is 14.8 Å². The van der Waals surface area contributed by atoms with Gasteiger partial charge >= 0.3 is 0 Å². The standard InChI is InChI=1S/C19H24N6O3S2/c1-11(2)24-30(27,28)16-8-6-15(7-9-16)21-17(26)14(5)29-19-23-22-18-20-12(3)10-13(4)25(18)19/h6-11,14,24H,1-5H3,(H,21,26)/t14-/m1/s1. The number of rotatable bonds is 7. The van der Waals surface area contributed by atoms with Crippen LogP contribution in [0.15, 0.2) is 40.4 Å². The lowest BCUT2D eigenvalue weighted by Gasteiger charge is -2.13. The average molecular weight is 449 g/mol. The molecular formula is C19H24N6O3S2. The molecule has 0 fully saturated rings. The number of benzene rings is 1. The van der Waals surface area contributed by atoms with Crippen LogP contribution in [0.4, 0.5) is 5.69 Å². The fourth-order valence-corrected chi connectivity index (χ4v) is 4.98. The van der Waals surface area contributed by atoms with Crippen LogP contribution in [-0.4, -0.2) is 45.2 Å². The van der Waals surface area contributed by atoms with Crippen molar-refractivity contribution in [3.8, 4) is 0 Å². The number of amides is 1. The number of aryl methyl sites for hydroxylation is 2. The first-order chi connectivity index (χ1) is 14.1. The van der Waals surface area contributed by atoms with Gasteiger partial charge in [-0.05, 0) is 65.0 Å². The third kappa shape index (κ3) is 4.97. The van der Waals surface area contributed by atoms with Crippen LogP contribution in [0.25, 0.3) is 5.78 Å². The third-order valence-electron chi connectivity index (χ3n) is 4.14. The topological polar surface area (TPSA) is 118 Å². The molecule has 2 aromatic heterocycles. The normalized spacial score (nSPS) is 13.0. The third-order valence-corrected chi connectivity index (χ3v) is 6.85. The predicted octanol–water partition coefficient (Wildman–Crippen LogP) is 2.55. The number of hydrogen-bond acceptors (Lipinski definition) is 7. The van der Waals surface area contributed by atoms with E-state index in [1.54, 1.807) is 32.9 Å². The lowest BCUT2D eigenvalue weighted by molar-refractivity contribution is -0.115. The molecule has 0 saturated carbocycles. The van der Waals surface area contributed by atoms with Crippen LogP contribution in [0.2, 0.25) is 0 Å². The highest BCUT2D eigenvalue weighted by molar-refractivity contribution is 8.00. The molecule has 0 radical (unpaired) electrons. The maximum absolute atomic E-state index is 12.6. The van der Waals surface area contributed by atoms with Gasteiger partial charge in [0, 0.05) is 23.1 Å². The molecule has 11 heteroatoms. The molecule has 1 amide bonds. The Balaban J connectivity index is 1.69. The quantitative estimate of drug-likeness (QED) is 0.533. The number of aromatic nitrogens is 4. The zero-order valence-electron chi connectivity index (χ0n) is 17.4. The van der Waals surface area contributed by atoms with Crippen LogP contribution in [0.5, 0.6) is 0 Å². The van der Waals surface area contributed by atoms with Gasteiger partial charge in [-0.25, -0.2) is 18.1 Å². The summed E-state index contributed by atoms with van der Waals surface area (Å²) < 4.78 is 28.7. The molecule has 3 rings (SSSR count). The van der Waals surface area contributed by atoms with Gasteiger partial charge in [0.05, 0.1) is 10.1 Å². The highest BCUT2D eigenvalue weighted by Gasteiger charge is 2.20. The van der Waals surface area contributed by atoms with Crippen molar-refractivity contribution >= 4 is 39.2 Å². The Morgan fingerprint density at radius 2 is 1.77 bits per heavy atom. The Kier molecular flexibility index (Phi) is 6.44. The lowest BCUT2D eigenvalue weighted by atomic mass is 10.3. The van der Waals surface area contributed by atoms with Crippen molar-refractivity contribution in [3.63, 3.8) is 0 Å². The minimum Gasteiger partial charge on any atom is -0.325 e. The molecule has 2 N–H and O–H groups in total. The fourth-order valence-electron chi connectivity index (χ4n) is 2.83. The minimum absolute atomic E-state index is 0.143. The predicted molar refractivity (Wildman–Crippen MR) is 116 cm³/mol. The number of sulfonamides is 1. The van der Waals surface area contributed by atoms with Crippen molar-refractivity contribution < 1.29 is 13.2 Å². The van der Waals surface area contributed by atoms with Crippen molar-refractivity contribution in [2.45, 2.75) is 56.0 Å². The van der Waals surface area contributed by atoms with E-state index in [1.807, 2.05) is 24.3 Å². The summed E-state index contributed by atoms with van der Waals surface area (Å²) in [5, 5.41) is 11.1. The summed E-state index contributed by atoms with van der Waals surface area (Å²) in [5.41, 5.74) is 2.30. The molecule has 160 valence electrons. The first kappa shape index (κ1) is 22.2. The van der Waals surface area contributed by atoms with E-state index in [-0.39, 0.29) is 16.8 Å². The largest absolute Gasteiger partial charge is 0.325 e. The first-order valence-electron chi connectivity index (χ1n) is 9.36. The maximum atomic E-state index is 12.6. The van der Waals surface area contributed by atoms with Crippen molar-refractivity contribution in [2.24, 2.45) is 0 Å². The van der Waals surface area contributed by atoms with Crippen LogP contribution in [0, 0.1) is 13.8 Å². The van der Waals surface area contributed by atoms with E-state index < -0.39 is 15.3 Å². The number of thioether (sulfide) groups is 1. The van der Waals surface area contributed by atoms with Gasteiger partial charge in [-0.3, -0.25) is 9.20 Å². The van der Waals surface area contributed by atoms with Gasteiger partial charge in [-0.1, -0.05) is 11.8 Å². The van der Waals surface area contributed by atoms with Crippen LogP contribution in [0.3, 0.4) is 0 Å². The molecule has 0 aliphatic carbocycles. The lowest BCUT2D eigenvalue weighted by Crippen LogP contribution is -2.30. The second-order valence-electron chi connectivity index (χ2n) is 7.21. The number of nitrogens with zero attached hydrogens (tertiary/aromatic N) is 4. The number of nitrogens with one attached hydrogen (secondary N) is 2. The molecular weight excluding hydrogens is 424 g/mol. The van der Waals surface area contributed by atoms with E-state index >= 15 is 0 Å². The number of carbonyl (C=O) groups is 1. The summed E-state index contributed by atoms with van der Waals surface area (Å²) in [5.74, 6) is 0.264. The molecule has 0 spiro atoms. The molecule has 3 aromatic rings. The minimum atomic E-state index is -3.57. The molecule has 0 aliphatic rings. The number of hydrogen-bond donors (Lipinski definition) is 2. The fraction of sp³-hybridized carbons (Fsp3) is 0.368. The zero-order valence-corrected chi connectivity index (χ0v) is 19.0. The smallest absolute Gasteiger partial charge is 0.256 e. The van der Waals surface area contributed by atoms with E-state index in [0.29, 0.717) is 16.6 Å². The molecule has 0 saturated heterocycles. The summed E-state index contributed by atoms with van der Waals surface area (Å²) in [6.45, 7) is 9.10. The van der Waals surface area contributed by atoms with Gasteiger partial charge < -0.3 is 5.32 Å². The van der Waals surface area contributed by atoms with Gasteiger partial charge in [0.25, 0.3) is 5.78 Å². The molecule has 30 heavy (non-hydrogen) atoms. The van der Waals surface area contributed by atoms with Crippen molar-refractivity contribution in [3.05, 3.63) is 41.7 Å². The SMILES string of the molecule is Cc1cc(C)n2c(S[C@H](C)C(=O)Nc3ccc(S(=O)(=O)NC(C)C)cc3)nnc2n1.